The van der Waals surface area contributed by atoms with Gasteiger partial charge in [-0.25, -0.2) is 0 Å². The Morgan fingerprint density at radius 3 is 2.65 bits per heavy atom. The molecule has 3 nitrogen and oxygen atoms in total. The minimum atomic E-state index is -4.53. The summed E-state index contributed by atoms with van der Waals surface area (Å²) in [6, 6.07) is 5.11. The molecule has 20 heavy (non-hydrogen) atoms. The number of hydrogen-bond donors (Lipinski definition) is 0. The number of rotatable bonds is 6. The summed E-state index contributed by atoms with van der Waals surface area (Å²) in [5.41, 5.74) is -0.776. The summed E-state index contributed by atoms with van der Waals surface area (Å²) in [5, 5.41) is 8.88. The highest BCUT2D eigenvalue weighted by atomic mass is 19.4. The van der Waals surface area contributed by atoms with E-state index < -0.39 is 11.7 Å². The van der Waals surface area contributed by atoms with Crippen molar-refractivity contribution in [3.8, 4) is 6.07 Å². The molecular weight excluding hydrogens is 269 g/mol. The Labute approximate surface area is 115 Å². The summed E-state index contributed by atoms with van der Waals surface area (Å²) >= 11 is 0. The molecule has 108 valence electrons. The van der Waals surface area contributed by atoms with Gasteiger partial charge in [-0.2, -0.15) is 18.4 Å². The van der Waals surface area contributed by atoms with Crippen molar-refractivity contribution in [1.29, 1.82) is 5.26 Å². The lowest BCUT2D eigenvalue weighted by Crippen LogP contribution is -2.27. The van der Waals surface area contributed by atoms with Crippen LogP contribution in [0.5, 0.6) is 0 Å². The zero-order valence-electron chi connectivity index (χ0n) is 11.1. The zero-order chi connectivity index (χ0) is 15.2. The van der Waals surface area contributed by atoms with Crippen LogP contribution in [0.15, 0.2) is 30.9 Å². The minimum absolute atomic E-state index is 0.388. The molecule has 0 radical (unpaired) electrons. The van der Waals surface area contributed by atoms with E-state index in [4.69, 9.17) is 10.00 Å². The number of anilines is 1. The molecule has 0 unspecified atom stereocenters. The molecule has 0 saturated carbocycles. The van der Waals surface area contributed by atoms with E-state index in [2.05, 4.69) is 6.58 Å². The predicted octanol–water partition coefficient (Wildman–Crippen LogP) is 3.22. The van der Waals surface area contributed by atoms with Crippen molar-refractivity contribution in [1.82, 2.24) is 0 Å². The lowest BCUT2D eigenvalue weighted by molar-refractivity contribution is -0.137. The van der Waals surface area contributed by atoms with Gasteiger partial charge in [0.15, 0.2) is 0 Å². The van der Waals surface area contributed by atoms with E-state index >= 15 is 0 Å². The molecule has 0 amide bonds. The number of ether oxygens (including phenoxy) is 1. The first kappa shape index (κ1) is 16.1. The molecule has 6 heteroatoms. The number of halogens is 3. The maximum atomic E-state index is 12.7. The lowest BCUT2D eigenvalue weighted by Gasteiger charge is -2.23. The normalized spacial score (nSPS) is 10.9. The van der Waals surface area contributed by atoms with Crippen molar-refractivity contribution in [2.45, 2.75) is 6.18 Å². The molecular formula is C14H15F3N2O. The Hall–Kier alpha value is -2.00. The largest absolute Gasteiger partial charge is 0.417 e. The van der Waals surface area contributed by atoms with Gasteiger partial charge < -0.3 is 9.64 Å². The van der Waals surface area contributed by atoms with Crippen LogP contribution in [0, 0.1) is 11.3 Å². The SMILES string of the molecule is C=CCN(CCOC)c1ccc(C(F)(F)F)c(C#N)c1. The summed E-state index contributed by atoms with van der Waals surface area (Å²) in [7, 11) is 1.54. The van der Waals surface area contributed by atoms with Crippen LogP contribution in [0.2, 0.25) is 0 Å². The molecule has 1 rings (SSSR count). The second-order valence-corrected chi connectivity index (χ2v) is 4.07. The van der Waals surface area contributed by atoms with E-state index in [1.165, 1.54) is 12.1 Å². The molecule has 0 spiro atoms. The smallest absolute Gasteiger partial charge is 0.383 e. The van der Waals surface area contributed by atoms with Crippen molar-refractivity contribution in [3.05, 3.63) is 42.0 Å². The van der Waals surface area contributed by atoms with Crippen LogP contribution in [0.3, 0.4) is 0 Å². The third-order valence-corrected chi connectivity index (χ3v) is 2.71. The van der Waals surface area contributed by atoms with Gasteiger partial charge >= 0.3 is 6.18 Å². The monoisotopic (exact) mass is 284 g/mol. The zero-order valence-corrected chi connectivity index (χ0v) is 11.1. The Balaban J connectivity index is 3.12. The van der Waals surface area contributed by atoms with Crippen LogP contribution >= 0.6 is 0 Å². The van der Waals surface area contributed by atoms with E-state index in [-0.39, 0.29) is 5.56 Å². The summed E-state index contributed by atoms with van der Waals surface area (Å²) in [6.07, 6.45) is -2.89. The van der Waals surface area contributed by atoms with Crippen LogP contribution < -0.4 is 4.90 Å². The first-order valence-corrected chi connectivity index (χ1v) is 5.90. The average Bonchev–Trinajstić information content (AvgIpc) is 2.41. The molecule has 0 atom stereocenters. The molecule has 0 aromatic heterocycles. The van der Waals surface area contributed by atoms with Crippen LogP contribution in [-0.2, 0) is 10.9 Å². The van der Waals surface area contributed by atoms with Crippen LogP contribution in [0.4, 0.5) is 18.9 Å². The fourth-order valence-electron chi connectivity index (χ4n) is 1.75. The second kappa shape index (κ2) is 6.96. The summed E-state index contributed by atoms with van der Waals surface area (Å²) < 4.78 is 43.1. The van der Waals surface area contributed by atoms with Gasteiger partial charge in [-0.15, -0.1) is 6.58 Å². The van der Waals surface area contributed by atoms with Crippen molar-refractivity contribution >= 4 is 5.69 Å². The standard InChI is InChI=1S/C14H15F3N2O/c1-3-6-19(7-8-20-2)12-4-5-13(14(15,16)17)11(9-12)10-18/h3-5,9H,1,6-8H2,2H3. The summed E-state index contributed by atoms with van der Waals surface area (Å²) in [6.45, 7) is 4.99. The summed E-state index contributed by atoms with van der Waals surface area (Å²) in [5.74, 6) is 0. The quantitative estimate of drug-likeness (QED) is 0.753. The van der Waals surface area contributed by atoms with E-state index in [0.29, 0.717) is 25.4 Å². The number of alkyl halides is 3. The van der Waals surface area contributed by atoms with E-state index in [1.54, 1.807) is 24.2 Å². The fraction of sp³-hybridized carbons (Fsp3) is 0.357. The molecule has 0 aliphatic rings. The highest BCUT2D eigenvalue weighted by Crippen LogP contribution is 2.33. The Bertz CT molecular complexity index is 506. The van der Waals surface area contributed by atoms with Gasteiger partial charge in [0.25, 0.3) is 0 Å². The van der Waals surface area contributed by atoms with E-state index in [1.807, 2.05) is 0 Å². The van der Waals surface area contributed by atoms with Crippen LogP contribution in [0.1, 0.15) is 11.1 Å². The number of nitriles is 1. The Kier molecular flexibility index (Phi) is 5.59. The van der Waals surface area contributed by atoms with Crippen molar-refractivity contribution in [3.63, 3.8) is 0 Å². The Morgan fingerprint density at radius 2 is 2.15 bits per heavy atom. The molecule has 0 saturated heterocycles. The van der Waals surface area contributed by atoms with E-state index in [0.717, 1.165) is 6.07 Å². The Morgan fingerprint density at radius 1 is 1.45 bits per heavy atom. The highest BCUT2D eigenvalue weighted by Gasteiger charge is 2.33. The second-order valence-electron chi connectivity index (χ2n) is 4.07. The molecule has 1 aromatic carbocycles. The first-order chi connectivity index (χ1) is 9.43. The highest BCUT2D eigenvalue weighted by molar-refractivity contribution is 5.55. The summed E-state index contributed by atoms with van der Waals surface area (Å²) in [4.78, 5) is 1.79. The number of benzene rings is 1. The van der Waals surface area contributed by atoms with Gasteiger partial charge in [0.1, 0.15) is 0 Å². The van der Waals surface area contributed by atoms with Gasteiger partial charge in [0.2, 0.25) is 0 Å². The molecule has 1 aromatic rings. The topological polar surface area (TPSA) is 36.3 Å². The van der Waals surface area contributed by atoms with Gasteiger partial charge in [0.05, 0.1) is 23.8 Å². The predicted molar refractivity (Wildman–Crippen MR) is 70.4 cm³/mol. The van der Waals surface area contributed by atoms with Crippen molar-refractivity contribution in [2.75, 3.05) is 31.7 Å². The molecule has 0 aliphatic carbocycles. The van der Waals surface area contributed by atoms with Gasteiger partial charge in [-0.05, 0) is 18.2 Å². The van der Waals surface area contributed by atoms with Crippen LogP contribution in [0.25, 0.3) is 0 Å². The van der Waals surface area contributed by atoms with Crippen molar-refractivity contribution in [2.24, 2.45) is 0 Å². The maximum absolute atomic E-state index is 12.7. The molecule has 0 heterocycles. The average molecular weight is 284 g/mol. The van der Waals surface area contributed by atoms with Crippen molar-refractivity contribution < 1.29 is 17.9 Å². The number of nitrogens with zero attached hydrogens (tertiary/aromatic N) is 2. The molecule has 0 bridgehead atoms. The molecule has 0 N–H and O–H groups in total. The minimum Gasteiger partial charge on any atom is -0.383 e. The van der Waals surface area contributed by atoms with Gasteiger partial charge in [-0.3, -0.25) is 0 Å². The first-order valence-electron chi connectivity index (χ1n) is 5.90. The number of methoxy groups -OCH3 is 1. The fourth-order valence-corrected chi connectivity index (χ4v) is 1.75. The van der Waals surface area contributed by atoms with Crippen LogP contribution in [-0.4, -0.2) is 26.8 Å². The maximum Gasteiger partial charge on any atom is 0.417 e. The third-order valence-electron chi connectivity index (χ3n) is 2.71. The molecule has 0 aliphatic heterocycles. The lowest BCUT2D eigenvalue weighted by atomic mass is 10.1. The van der Waals surface area contributed by atoms with E-state index in [9.17, 15) is 13.2 Å². The number of hydrogen-bond acceptors (Lipinski definition) is 3. The third kappa shape index (κ3) is 4.00. The van der Waals surface area contributed by atoms with Gasteiger partial charge in [-0.1, -0.05) is 6.08 Å². The molecule has 0 fully saturated rings. The van der Waals surface area contributed by atoms with Gasteiger partial charge in [0, 0.05) is 25.9 Å².